The molecule has 0 aliphatic carbocycles. The summed E-state index contributed by atoms with van der Waals surface area (Å²) >= 11 is 0. The van der Waals surface area contributed by atoms with E-state index in [1.54, 1.807) is 0 Å². The fraction of sp³-hybridized carbons (Fsp3) is 0.158. The Morgan fingerprint density at radius 2 is 1.41 bits per heavy atom. The number of hydrogen-bond donors (Lipinski definition) is 0. The highest BCUT2D eigenvalue weighted by Crippen LogP contribution is 2.25. The largest absolute Gasteiger partial charge is 0.280 e. The number of carbonyl (C=O) groups is 1. The molecular weight excluding hydrogens is 272 g/mol. The van der Waals surface area contributed by atoms with E-state index in [2.05, 4.69) is 5.10 Å². The Bertz CT molecular complexity index is 768. The molecule has 0 unspecified atom stereocenters. The fourth-order valence-electron chi connectivity index (χ4n) is 2.37. The first-order valence-corrected chi connectivity index (χ1v) is 7.30. The number of hydrazone groups is 1. The first kappa shape index (κ1) is 14.3. The Hall–Kier alpha value is -2.68. The van der Waals surface area contributed by atoms with Crippen molar-refractivity contribution in [2.24, 2.45) is 5.10 Å². The molecule has 2 aromatic carbocycles. The summed E-state index contributed by atoms with van der Waals surface area (Å²) in [5.41, 5.74) is 5.55. The molecule has 0 N–H and O–H groups in total. The van der Waals surface area contributed by atoms with E-state index < -0.39 is 0 Å². The molecule has 110 valence electrons. The summed E-state index contributed by atoms with van der Waals surface area (Å²) in [6, 6.07) is 15.9. The highest BCUT2D eigenvalue weighted by Gasteiger charge is 2.28. The summed E-state index contributed by atoms with van der Waals surface area (Å²) in [5.74, 6) is -0.0815. The van der Waals surface area contributed by atoms with Crippen LogP contribution in [0.25, 0.3) is 6.08 Å². The van der Waals surface area contributed by atoms with Crippen molar-refractivity contribution in [3.05, 3.63) is 70.8 Å². The molecule has 0 bridgehead atoms. The number of anilines is 1. The van der Waals surface area contributed by atoms with Gasteiger partial charge < -0.3 is 0 Å². The molecule has 3 heteroatoms. The standard InChI is InChI=1S/C19H18N2O/c1-13-4-8-16(9-5-13)12-18-15(3)20-21(19(18)22)17-10-6-14(2)7-11-17/h4-12H,1-3H3/b18-12+. The SMILES string of the molecule is CC1=NN(c2ccc(C)cc2)C(=O)/C1=C/c1ccc(C)cc1. The maximum atomic E-state index is 12.6. The highest BCUT2D eigenvalue weighted by atomic mass is 16.2. The lowest BCUT2D eigenvalue weighted by molar-refractivity contribution is -0.114. The quantitative estimate of drug-likeness (QED) is 0.766. The smallest absolute Gasteiger partial charge is 0.267 e. The second kappa shape index (κ2) is 5.60. The predicted molar refractivity (Wildman–Crippen MR) is 90.9 cm³/mol. The number of nitrogens with zero attached hydrogens (tertiary/aromatic N) is 2. The second-order valence-corrected chi connectivity index (χ2v) is 5.61. The zero-order valence-corrected chi connectivity index (χ0v) is 13.0. The summed E-state index contributed by atoms with van der Waals surface area (Å²) in [7, 11) is 0. The second-order valence-electron chi connectivity index (χ2n) is 5.61. The van der Waals surface area contributed by atoms with E-state index in [0.717, 1.165) is 22.5 Å². The lowest BCUT2D eigenvalue weighted by Crippen LogP contribution is -2.21. The zero-order valence-electron chi connectivity index (χ0n) is 13.0. The van der Waals surface area contributed by atoms with Crippen LogP contribution in [0.5, 0.6) is 0 Å². The molecule has 22 heavy (non-hydrogen) atoms. The molecule has 1 heterocycles. The van der Waals surface area contributed by atoms with Gasteiger partial charge in [-0.15, -0.1) is 0 Å². The minimum absolute atomic E-state index is 0.0815. The summed E-state index contributed by atoms with van der Waals surface area (Å²) < 4.78 is 0. The van der Waals surface area contributed by atoms with Crippen molar-refractivity contribution in [1.29, 1.82) is 0 Å². The van der Waals surface area contributed by atoms with Gasteiger partial charge in [-0.3, -0.25) is 4.79 Å². The van der Waals surface area contributed by atoms with Crippen LogP contribution in [0.4, 0.5) is 5.69 Å². The molecule has 0 fully saturated rings. The van der Waals surface area contributed by atoms with Gasteiger partial charge in [0.15, 0.2) is 0 Å². The van der Waals surface area contributed by atoms with Gasteiger partial charge in [0.2, 0.25) is 0 Å². The van der Waals surface area contributed by atoms with Crippen LogP contribution >= 0.6 is 0 Å². The van der Waals surface area contributed by atoms with Gasteiger partial charge in [0.25, 0.3) is 5.91 Å². The van der Waals surface area contributed by atoms with Crippen LogP contribution < -0.4 is 5.01 Å². The minimum atomic E-state index is -0.0815. The van der Waals surface area contributed by atoms with Crippen LogP contribution in [0, 0.1) is 13.8 Å². The van der Waals surface area contributed by atoms with Crippen molar-refractivity contribution < 1.29 is 4.79 Å². The highest BCUT2D eigenvalue weighted by molar-refractivity contribution is 6.32. The average molecular weight is 290 g/mol. The van der Waals surface area contributed by atoms with Crippen molar-refractivity contribution in [2.75, 3.05) is 5.01 Å². The van der Waals surface area contributed by atoms with E-state index in [9.17, 15) is 4.79 Å². The van der Waals surface area contributed by atoms with Gasteiger partial charge in [-0.1, -0.05) is 47.5 Å². The molecule has 0 atom stereocenters. The van der Waals surface area contributed by atoms with Gasteiger partial charge in [0.1, 0.15) is 0 Å². The molecule has 3 nitrogen and oxygen atoms in total. The van der Waals surface area contributed by atoms with Gasteiger partial charge >= 0.3 is 0 Å². The summed E-state index contributed by atoms with van der Waals surface area (Å²) in [6.07, 6.45) is 1.90. The number of aryl methyl sites for hydroxylation is 2. The predicted octanol–water partition coefficient (Wildman–Crippen LogP) is 4.11. The summed E-state index contributed by atoms with van der Waals surface area (Å²) in [6.45, 7) is 5.93. The molecule has 3 rings (SSSR count). The average Bonchev–Trinajstić information content (AvgIpc) is 2.78. The molecule has 1 amide bonds. The molecule has 1 aliphatic rings. The van der Waals surface area contributed by atoms with Crippen LogP contribution in [0.2, 0.25) is 0 Å². The van der Waals surface area contributed by atoms with Crippen molar-refractivity contribution in [3.63, 3.8) is 0 Å². The number of rotatable bonds is 2. The summed E-state index contributed by atoms with van der Waals surface area (Å²) in [5, 5.41) is 5.86. The van der Waals surface area contributed by atoms with E-state index in [0.29, 0.717) is 5.57 Å². The molecule has 1 aliphatic heterocycles. The van der Waals surface area contributed by atoms with E-state index in [4.69, 9.17) is 0 Å². The fourth-order valence-corrected chi connectivity index (χ4v) is 2.37. The van der Waals surface area contributed by atoms with Crippen LogP contribution in [0.3, 0.4) is 0 Å². The zero-order chi connectivity index (χ0) is 15.7. The molecule has 0 aromatic heterocycles. The normalized spacial score (nSPS) is 16.3. The molecule has 0 spiro atoms. The number of hydrogen-bond acceptors (Lipinski definition) is 2. The lowest BCUT2D eigenvalue weighted by atomic mass is 10.1. The molecule has 0 radical (unpaired) electrons. The molecule has 2 aromatic rings. The van der Waals surface area contributed by atoms with Crippen LogP contribution in [-0.4, -0.2) is 11.6 Å². The van der Waals surface area contributed by atoms with E-state index >= 15 is 0 Å². The number of carbonyl (C=O) groups excluding carboxylic acids is 1. The topological polar surface area (TPSA) is 32.7 Å². The molecule has 0 saturated carbocycles. The Morgan fingerprint density at radius 3 is 2.00 bits per heavy atom. The van der Waals surface area contributed by atoms with Crippen molar-refractivity contribution in [2.45, 2.75) is 20.8 Å². The van der Waals surface area contributed by atoms with Crippen LogP contribution in [0.15, 0.2) is 59.2 Å². The van der Waals surface area contributed by atoms with E-state index in [1.165, 1.54) is 10.6 Å². The minimum Gasteiger partial charge on any atom is -0.267 e. The Morgan fingerprint density at radius 1 is 0.864 bits per heavy atom. The first-order chi connectivity index (χ1) is 10.5. The lowest BCUT2D eigenvalue weighted by Gasteiger charge is -2.11. The third kappa shape index (κ3) is 2.70. The van der Waals surface area contributed by atoms with E-state index in [-0.39, 0.29) is 5.91 Å². The van der Waals surface area contributed by atoms with Gasteiger partial charge in [-0.2, -0.15) is 10.1 Å². The Kier molecular flexibility index (Phi) is 3.63. The Labute approximate surface area is 130 Å². The van der Waals surface area contributed by atoms with E-state index in [1.807, 2.05) is 75.4 Å². The van der Waals surface area contributed by atoms with Crippen LogP contribution in [0.1, 0.15) is 23.6 Å². The third-order valence-corrected chi connectivity index (χ3v) is 3.73. The van der Waals surface area contributed by atoms with Crippen molar-refractivity contribution in [3.8, 4) is 0 Å². The molecular formula is C19H18N2O. The summed E-state index contributed by atoms with van der Waals surface area (Å²) in [4.78, 5) is 12.6. The van der Waals surface area contributed by atoms with Crippen molar-refractivity contribution in [1.82, 2.24) is 0 Å². The Balaban J connectivity index is 1.92. The van der Waals surface area contributed by atoms with Gasteiger partial charge in [0.05, 0.1) is 17.0 Å². The maximum Gasteiger partial charge on any atom is 0.280 e. The van der Waals surface area contributed by atoms with Gasteiger partial charge in [0, 0.05) is 0 Å². The van der Waals surface area contributed by atoms with Gasteiger partial charge in [-0.05, 0) is 44.5 Å². The van der Waals surface area contributed by atoms with Crippen LogP contribution in [-0.2, 0) is 4.79 Å². The van der Waals surface area contributed by atoms with Gasteiger partial charge in [-0.25, -0.2) is 0 Å². The maximum absolute atomic E-state index is 12.6. The number of benzene rings is 2. The van der Waals surface area contributed by atoms with Crippen molar-refractivity contribution >= 4 is 23.4 Å². The third-order valence-electron chi connectivity index (χ3n) is 3.73. The monoisotopic (exact) mass is 290 g/mol. The molecule has 0 saturated heterocycles. The number of amides is 1. The first-order valence-electron chi connectivity index (χ1n) is 7.30.